The molecule has 21 heavy (non-hydrogen) atoms. The lowest BCUT2D eigenvalue weighted by Crippen LogP contribution is -2.48. The van der Waals surface area contributed by atoms with Crippen LogP contribution in [0.1, 0.15) is 25.0 Å². The maximum absolute atomic E-state index is 9.48. The number of aliphatic hydroxyl groups excluding tert-OH is 1. The molecular formula is C16H27N3O2. The second kappa shape index (κ2) is 7.73. The topological polar surface area (TPSA) is 57.6 Å². The molecule has 0 saturated carbocycles. The molecule has 0 radical (unpaired) electrons. The number of pyridine rings is 1. The quantitative estimate of drug-likeness (QED) is 0.829. The molecule has 1 aliphatic heterocycles. The third-order valence-electron chi connectivity index (χ3n) is 3.70. The summed E-state index contributed by atoms with van der Waals surface area (Å²) in [6.45, 7) is 10.5. The average molecular weight is 293 g/mol. The van der Waals surface area contributed by atoms with Gasteiger partial charge in [0.1, 0.15) is 5.82 Å². The Balaban J connectivity index is 2.04. The van der Waals surface area contributed by atoms with E-state index in [0.29, 0.717) is 19.1 Å². The summed E-state index contributed by atoms with van der Waals surface area (Å²) in [7, 11) is 0. The van der Waals surface area contributed by atoms with Crippen molar-refractivity contribution in [2.75, 3.05) is 37.8 Å². The van der Waals surface area contributed by atoms with E-state index in [-0.39, 0.29) is 12.6 Å². The summed E-state index contributed by atoms with van der Waals surface area (Å²) in [5.74, 6) is 1.61. The highest BCUT2D eigenvalue weighted by Gasteiger charge is 2.24. The summed E-state index contributed by atoms with van der Waals surface area (Å²) in [6.07, 6.45) is 1.93. The third-order valence-corrected chi connectivity index (χ3v) is 3.70. The van der Waals surface area contributed by atoms with Crippen LogP contribution >= 0.6 is 0 Å². The van der Waals surface area contributed by atoms with E-state index in [4.69, 9.17) is 4.74 Å². The highest BCUT2D eigenvalue weighted by atomic mass is 16.5. The molecule has 1 saturated heterocycles. The predicted octanol–water partition coefficient (Wildman–Crippen LogP) is 1.33. The molecule has 118 valence electrons. The van der Waals surface area contributed by atoms with Gasteiger partial charge in [-0.1, -0.05) is 13.8 Å². The van der Waals surface area contributed by atoms with Crippen LogP contribution in [0.2, 0.25) is 0 Å². The van der Waals surface area contributed by atoms with E-state index in [9.17, 15) is 5.11 Å². The van der Waals surface area contributed by atoms with Gasteiger partial charge in [0, 0.05) is 19.3 Å². The number of anilines is 1. The van der Waals surface area contributed by atoms with Gasteiger partial charge in [0.25, 0.3) is 0 Å². The molecule has 2 heterocycles. The zero-order chi connectivity index (χ0) is 15.2. The van der Waals surface area contributed by atoms with E-state index in [1.807, 2.05) is 6.20 Å². The van der Waals surface area contributed by atoms with E-state index in [2.05, 4.69) is 42.0 Å². The minimum Gasteiger partial charge on any atom is -0.394 e. The zero-order valence-corrected chi connectivity index (χ0v) is 13.3. The molecule has 1 aromatic rings. The van der Waals surface area contributed by atoms with Crippen LogP contribution in [0.15, 0.2) is 12.3 Å². The molecule has 1 atom stereocenters. The van der Waals surface area contributed by atoms with Crippen molar-refractivity contribution in [3.05, 3.63) is 23.4 Å². The molecule has 1 fully saturated rings. The summed E-state index contributed by atoms with van der Waals surface area (Å²) in [5, 5.41) is 12.9. The van der Waals surface area contributed by atoms with Crippen molar-refractivity contribution in [2.45, 2.75) is 33.4 Å². The second-order valence-electron chi connectivity index (χ2n) is 6.11. The van der Waals surface area contributed by atoms with Gasteiger partial charge < -0.3 is 20.1 Å². The lowest BCUT2D eigenvalue weighted by molar-refractivity contribution is 0.0722. The fourth-order valence-corrected chi connectivity index (χ4v) is 2.61. The summed E-state index contributed by atoms with van der Waals surface area (Å²) in [6, 6.07) is 2.19. The molecular weight excluding hydrogens is 266 g/mol. The minimum absolute atomic E-state index is 0.00914. The number of rotatable bonds is 6. The van der Waals surface area contributed by atoms with Crippen molar-refractivity contribution < 1.29 is 9.84 Å². The normalized spacial score (nSPS) is 19.3. The first-order chi connectivity index (χ1) is 10.1. The van der Waals surface area contributed by atoms with Crippen LogP contribution in [0.25, 0.3) is 0 Å². The van der Waals surface area contributed by atoms with Crippen molar-refractivity contribution in [1.82, 2.24) is 10.3 Å². The zero-order valence-electron chi connectivity index (χ0n) is 13.3. The number of hydrogen-bond acceptors (Lipinski definition) is 5. The Kier molecular flexibility index (Phi) is 5.96. The number of morpholine rings is 1. The van der Waals surface area contributed by atoms with Crippen LogP contribution in [0.3, 0.4) is 0 Å². The molecule has 1 aliphatic rings. The SMILES string of the molecule is Cc1cc(CNCC(C)C)cnc1N1CCOCC1CO. The standard InChI is InChI=1S/C16H27N3O2/c1-12(2)7-17-8-14-6-13(3)16(18-9-14)19-4-5-21-11-15(19)10-20/h6,9,12,15,17,20H,4-5,7-8,10-11H2,1-3H3. The maximum atomic E-state index is 9.48. The fourth-order valence-electron chi connectivity index (χ4n) is 2.61. The van der Waals surface area contributed by atoms with Gasteiger partial charge in [-0.25, -0.2) is 4.98 Å². The van der Waals surface area contributed by atoms with Gasteiger partial charge in [-0.3, -0.25) is 0 Å². The molecule has 2 N–H and O–H groups in total. The number of aryl methyl sites for hydroxylation is 1. The third kappa shape index (κ3) is 4.40. The molecule has 0 amide bonds. The number of hydrogen-bond donors (Lipinski definition) is 2. The summed E-state index contributed by atoms with van der Waals surface area (Å²) in [4.78, 5) is 6.77. The van der Waals surface area contributed by atoms with Crippen LogP contribution in [0, 0.1) is 12.8 Å². The maximum Gasteiger partial charge on any atom is 0.131 e. The van der Waals surface area contributed by atoms with E-state index in [1.165, 1.54) is 5.56 Å². The average Bonchev–Trinajstić information content (AvgIpc) is 2.47. The smallest absolute Gasteiger partial charge is 0.131 e. The number of ether oxygens (including phenoxy) is 1. The predicted molar refractivity (Wildman–Crippen MR) is 84.6 cm³/mol. The molecule has 1 unspecified atom stereocenters. The van der Waals surface area contributed by atoms with E-state index in [0.717, 1.165) is 31.0 Å². The van der Waals surface area contributed by atoms with Gasteiger partial charge in [0.2, 0.25) is 0 Å². The summed E-state index contributed by atoms with van der Waals surface area (Å²) in [5.41, 5.74) is 2.35. The Morgan fingerprint density at radius 1 is 1.52 bits per heavy atom. The summed E-state index contributed by atoms with van der Waals surface area (Å²) < 4.78 is 5.42. The van der Waals surface area contributed by atoms with Gasteiger partial charge in [-0.05, 0) is 36.6 Å². The molecule has 0 aliphatic carbocycles. The van der Waals surface area contributed by atoms with Gasteiger partial charge in [-0.2, -0.15) is 0 Å². The van der Waals surface area contributed by atoms with Gasteiger partial charge >= 0.3 is 0 Å². The Bertz CT molecular complexity index is 451. The Labute approximate surface area is 127 Å². The van der Waals surface area contributed by atoms with Gasteiger partial charge in [0.05, 0.1) is 25.9 Å². The van der Waals surface area contributed by atoms with Gasteiger partial charge in [-0.15, -0.1) is 0 Å². The number of nitrogens with zero attached hydrogens (tertiary/aromatic N) is 2. The van der Waals surface area contributed by atoms with Crippen molar-refractivity contribution in [1.29, 1.82) is 0 Å². The first-order valence-corrected chi connectivity index (χ1v) is 7.73. The first kappa shape index (κ1) is 16.2. The van der Waals surface area contributed by atoms with Crippen LogP contribution < -0.4 is 10.2 Å². The number of aliphatic hydroxyl groups is 1. The first-order valence-electron chi connectivity index (χ1n) is 7.73. The fraction of sp³-hybridized carbons (Fsp3) is 0.688. The number of aromatic nitrogens is 1. The van der Waals surface area contributed by atoms with Crippen molar-refractivity contribution >= 4 is 5.82 Å². The monoisotopic (exact) mass is 293 g/mol. The molecule has 5 nitrogen and oxygen atoms in total. The number of nitrogens with one attached hydrogen (secondary N) is 1. The van der Waals surface area contributed by atoms with Crippen LogP contribution in [0.4, 0.5) is 5.82 Å². The van der Waals surface area contributed by atoms with E-state index < -0.39 is 0 Å². The van der Waals surface area contributed by atoms with E-state index >= 15 is 0 Å². The molecule has 1 aromatic heterocycles. The molecule has 0 aromatic carbocycles. The Morgan fingerprint density at radius 2 is 2.33 bits per heavy atom. The molecule has 0 spiro atoms. The highest BCUT2D eigenvalue weighted by Crippen LogP contribution is 2.22. The Hall–Kier alpha value is -1.17. The van der Waals surface area contributed by atoms with Crippen molar-refractivity contribution in [3.63, 3.8) is 0 Å². The second-order valence-corrected chi connectivity index (χ2v) is 6.11. The molecule has 0 bridgehead atoms. The molecule has 2 rings (SSSR count). The molecule has 5 heteroatoms. The highest BCUT2D eigenvalue weighted by molar-refractivity contribution is 5.48. The lowest BCUT2D eigenvalue weighted by atomic mass is 10.1. The Morgan fingerprint density at radius 3 is 3.00 bits per heavy atom. The van der Waals surface area contributed by atoms with Crippen LogP contribution in [0.5, 0.6) is 0 Å². The van der Waals surface area contributed by atoms with Gasteiger partial charge in [0.15, 0.2) is 0 Å². The summed E-state index contributed by atoms with van der Waals surface area (Å²) >= 11 is 0. The minimum atomic E-state index is 0.00914. The lowest BCUT2D eigenvalue weighted by Gasteiger charge is -2.36. The van der Waals surface area contributed by atoms with Crippen molar-refractivity contribution in [2.24, 2.45) is 5.92 Å². The largest absolute Gasteiger partial charge is 0.394 e. The van der Waals surface area contributed by atoms with Crippen molar-refractivity contribution in [3.8, 4) is 0 Å². The van der Waals surface area contributed by atoms with Crippen LogP contribution in [-0.2, 0) is 11.3 Å². The van der Waals surface area contributed by atoms with Crippen LogP contribution in [-0.4, -0.2) is 49.0 Å². The van der Waals surface area contributed by atoms with E-state index in [1.54, 1.807) is 0 Å².